The van der Waals surface area contributed by atoms with Crippen LogP contribution in [0.1, 0.15) is 5.56 Å². The average Bonchev–Trinajstić information content (AvgIpc) is 2.49. The van der Waals surface area contributed by atoms with Gasteiger partial charge >= 0.3 is 0 Å². The molecule has 0 fully saturated rings. The molecule has 0 aliphatic rings. The third-order valence-corrected chi connectivity index (χ3v) is 2.03. The normalized spacial score (nSPS) is 10.9. The maximum atomic E-state index is 8.78. The van der Waals surface area contributed by atoms with Crippen molar-refractivity contribution in [3.63, 3.8) is 0 Å². The molecule has 0 unspecified atom stereocenters. The Morgan fingerprint density at radius 2 is 2.46 bits per heavy atom. The number of benzene rings is 1. The van der Waals surface area contributed by atoms with Gasteiger partial charge in [0.15, 0.2) is 0 Å². The molecule has 0 spiro atoms. The number of fused-ring (bicyclic) bond motifs is 1. The molecule has 0 bridgehead atoms. The van der Waals surface area contributed by atoms with Gasteiger partial charge in [-0.05, 0) is 30.7 Å². The molecular formula is C10H11N2O. The largest absolute Gasteiger partial charge is 0.394 e. The fraction of sp³-hybridized carbons (Fsp3) is 0.300. The quantitative estimate of drug-likeness (QED) is 0.743. The van der Waals surface area contributed by atoms with Crippen molar-refractivity contribution in [2.75, 3.05) is 6.61 Å². The van der Waals surface area contributed by atoms with Crippen LogP contribution in [0.25, 0.3) is 10.9 Å². The molecule has 1 N–H and O–H groups in total. The average molecular weight is 175 g/mol. The van der Waals surface area contributed by atoms with Crippen LogP contribution in [0, 0.1) is 13.0 Å². The van der Waals surface area contributed by atoms with Crippen LogP contribution < -0.4 is 0 Å². The molecule has 1 heterocycles. The SMILES string of the molecule is Cc1[c]cc2c(cnn2CCO)c1. The highest BCUT2D eigenvalue weighted by Crippen LogP contribution is 2.14. The highest BCUT2D eigenvalue weighted by molar-refractivity contribution is 5.79. The maximum Gasteiger partial charge on any atom is 0.0689 e. The van der Waals surface area contributed by atoms with Gasteiger partial charge in [0, 0.05) is 5.39 Å². The molecule has 0 saturated carbocycles. The highest BCUT2D eigenvalue weighted by atomic mass is 16.3. The van der Waals surface area contributed by atoms with Crippen LogP contribution in [0.3, 0.4) is 0 Å². The minimum absolute atomic E-state index is 0.116. The van der Waals surface area contributed by atoms with Crippen LogP contribution in [-0.2, 0) is 6.54 Å². The molecule has 1 radical (unpaired) electrons. The van der Waals surface area contributed by atoms with Crippen LogP contribution in [0.4, 0.5) is 0 Å². The van der Waals surface area contributed by atoms with Gasteiger partial charge in [0.1, 0.15) is 0 Å². The van der Waals surface area contributed by atoms with Gasteiger partial charge in [-0.3, -0.25) is 4.68 Å². The van der Waals surface area contributed by atoms with E-state index >= 15 is 0 Å². The van der Waals surface area contributed by atoms with Crippen molar-refractivity contribution in [2.45, 2.75) is 13.5 Å². The molecular weight excluding hydrogens is 164 g/mol. The van der Waals surface area contributed by atoms with Gasteiger partial charge in [0.25, 0.3) is 0 Å². The lowest BCUT2D eigenvalue weighted by atomic mass is 10.2. The molecule has 1 aromatic carbocycles. The Morgan fingerprint density at radius 3 is 3.23 bits per heavy atom. The summed E-state index contributed by atoms with van der Waals surface area (Å²) < 4.78 is 1.78. The summed E-state index contributed by atoms with van der Waals surface area (Å²) in [5, 5.41) is 14.0. The van der Waals surface area contributed by atoms with Crippen molar-refractivity contribution >= 4 is 10.9 Å². The Hall–Kier alpha value is -1.35. The van der Waals surface area contributed by atoms with Gasteiger partial charge in [-0.1, -0.05) is 0 Å². The van der Waals surface area contributed by atoms with Crippen molar-refractivity contribution in [3.05, 3.63) is 30.0 Å². The molecule has 2 rings (SSSR count). The molecule has 3 nitrogen and oxygen atoms in total. The number of hydrogen-bond donors (Lipinski definition) is 1. The number of nitrogens with zero attached hydrogens (tertiary/aromatic N) is 2. The van der Waals surface area contributed by atoms with Crippen molar-refractivity contribution in [1.29, 1.82) is 0 Å². The molecule has 1 aromatic heterocycles. The van der Waals surface area contributed by atoms with Gasteiger partial charge in [0.05, 0.1) is 24.9 Å². The van der Waals surface area contributed by atoms with Crippen LogP contribution in [0.5, 0.6) is 0 Å². The lowest BCUT2D eigenvalue weighted by molar-refractivity contribution is 0.271. The van der Waals surface area contributed by atoms with Crippen molar-refractivity contribution in [3.8, 4) is 0 Å². The summed E-state index contributed by atoms with van der Waals surface area (Å²) in [6, 6.07) is 7.06. The van der Waals surface area contributed by atoms with Gasteiger partial charge in [-0.2, -0.15) is 5.10 Å². The lowest BCUT2D eigenvalue weighted by Gasteiger charge is -1.99. The number of aromatic nitrogens is 2. The van der Waals surface area contributed by atoms with E-state index in [0.717, 1.165) is 16.5 Å². The number of aliphatic hydroxyl groups is 1. The molecule has 67 valence electrons. The second-order valence-electron chi connectivity index (χ2n) is 3.05. The Bertz CT molecular complexity index is 420. The van der Waals surface area contributed by atoms with Gasteiger partial charge in [0.2, 0.25) is 0 Å². The van der Waals surface area contributed by atoms with Gasteiger partial charge in [-0.25, -0.2) is 0 Å². The topological polar surface area (TPSA) is 38.0 Å². The summed E-state index contributed by atoms with van der Waals surface area (Å²) in [5.74, 6) is 0. The summed E-state index contributed by atoms with van der Waals surface area (Å²) >= 11 is 0. The molecule has 2 aromatic rings. The van der Waals surface area contributed by atoms with E-state index in [9.17, 15) is 0 Å². The zero-order valence-electron chi connectivity index (χ0n) is 7.49. The molecule has 0 atom stereocenters. The van der Waals surface area contributed by atoms with E-state index in [0.29, 0.717) is 6.54 Å². The first kappa shape index (κ1) is 8.26. The Balaban J connectivity index is 2.55. The predicted octanol–water partition coefficient (Wildman–Crippen LogP) is 1.14. The second kappa shape index (κ2) is 3.18. The monoisotopic (exact) mass is 175 g/mol. The minimum Gasteiger partial charge on any atom is -0.394 e. The molecule has 3 heteroatoms. The minimum atomic E-state index is 0.116. The predicted molar refractivity (Wildman–Crippen MR) is 50.4 cm³/mol. The molecule has 0 saturated heterocycles. The number of aliphatic hydroxyl groups excluding tert-OH is 1. The van der Waals surface area contributed by atoms with E-state index in [-0.39, 0.29) is 6.61 Å². The van der Waals surface area contributed by atoms with Crippen molar-refractivity contribution in [1.82, 2.24) is 9.78 Å². The van der Waals surface area contributed by atoms with Crippen LogP contribution >= 0.6 is 0 Å². The third kappa shape index (κ3) is 1.42. The lowest BCUT2D eigenvalue weighted by Crippen LogP contribution is -2.02. The van der Waals surface area contributed by atoms with E-state index in [4.69, 9.17) is 5.11 Å². The van der Waals surface area contributed by atoms with E-state index in [1.807, 2.05) is 25.3 Å². The first-order valence-corrected chi connectivity index (χ1v) is 4.26. The van der Waals surface area contributed by atoms with E-state index in [1.165, 1.54) is 0 Å². The second-order valence-corrected chi connectivity index (χ2v) is 3.05. The first-order valence-electron chi connectivity index (χ1n) is 4.26. The van der Waals surface area contributed by atoms with Crippen LogP contribution in [-0.4, -0.2) is 21.5 Å². The summed E-state index contributed by atoms with van der Waals surface area (Å²) in [6.07, 6.45) is 1.81. The number of rotatable bonds is 2. The summed E-state index contributed by atoms with van der Waals surface area (Å²) in [4.78, 5) is 0. The Morgan fingerprint density at radius 1 is 1.62 bits per heavy atom. The van der Waals surface area contributed by atoms with Crippen molar-refractivity contribution in [2.24, 2.45) is 0 Å². The smallest absolute Gasteiger partial charge is 0.0689 e. The fourth-order valence-electron chi connectivity index (χ4n) is 1.41. The molecule has 13 heavy (non-hydrogen) atoms. The van der Waals surface area contributed by atoms with Crippen LogP contribution in [0.15, 0.2) is 18.3 Å². The number of hydrogen-bond acceptors (Lipinski definition) is 2. The Kier molecular flexibility index (Phi) is 2.02. The molecule has 0 aliphatic heterocycles. The molecule has 0 aliphatic carbocycles. The van der Waals surface area contributed by atoms with E-state index in [2.05, 4.69) is 11.2 Å². The van der Waals surface area contributed by atoms with Crippen LogP contribution in [0.2, 0.25) is 0 Å². The number of aryl methyl sites for hydroxylation is 1. The summed E-state index contributed by atoms with van der Waals surface area (Å²) in [5.41, 5.74) is 2.13. The summed E-state index contributed by atoms with van der Waals surface area (Å²) in [7, 11) is 0. The zero-order valence-corrected chi connectivity index (χ0v) is 7.49. The van der Waals surface area contributed by atoms with Gasteiger partial charge in [-0.15, -0.1) is 0 Å². The maximum absolute atomic E-state index is 8.78. The third-order valence-electron chi connectivity index (χ3n) is 2.03. The highest BCUT2D eigenvalue weighted by Gasteiger charge is 2.00. The fourth-order valence-corrected chi connectivity index (χ4v) is 1.41. The van der Waals surface area contributed by atoms with E-state index < -0.39 is 0 Å². The Labute approximate surface area is 76.6 Å². The molecule has 0 amide bonds. The summed E-state index contributed by atoms with van der Waals surface area (Å²) in [6.45, 7) is 2.66. The van der Waals surface area contributed by atoms with E-state index in [1.54, 1.807) is 4.68 Å². The zero-order chi connectivity index (χ0) is 9.26. The standard InChI is InChI=1S/C10H11N2O/c1-8-2-3-10-9(6-8)7-11-12(10)4-5-13/h3,6-7,13H,4-5H2,1H3. The van der Waals surface area contributed by atoms with Gasteiger partial charge < -0.3 is 5.11 Å². The van der Waals surface area contributed by atoms with Crippen molar-refractivity contribution < 1.29 is 5.11 Å². The first-order chi connectivity index (χ1) is 6.31.